The summed E-state index contributed by atoms with van der Waals surface area (Å²) in [5, 5.41) is 0. The van der Waals surface area contributed by atoms with E-state index in [1.54, 1.807) is 7.11 Å². The quantitative estimate of drug-likeness (QED) is 0.601. The Bertz CT molecular complexity index is 84.2. The van der Waals surface area contributed by atoms with Crippen molar-refractivity contribution in [2.45, 2.75) is 26.7 Å². The molecule has 3 heteroatoms. The van der Waals surface area contributed by atoms with Crippen molar-refractivity contribution < 1.29 is 4.52 Å². The molecule has 68 valence electrons. The van der Waals surface area contributed by atoms with E-state index in [-0.39, 0.29) is 8.30 Å². The van der Waals surface area contributed by atoms with Crippen LogP contribution in [0.5, 0.6) is 0 Å². The van der Waals surface area contributed by atoms with Gasteiger partial charge in [-0.25, -0.2) is 0 Å². The molecule has 0 aliphatic carbocycles. The molecule has 2 nitrogen and oxygen atoms in total. The Morgan fingerprint density at radius 2 is 1.64 bits per heavy atom. The van der Waals surface area contributed by atoms with E-state index < -0.39 is 0 Å². The summed E-state index contributed by atoms with van der Waals surface area (Å²) in [5.41, 5.74) is 0. The largest absolute Gasteiger partial charge is 0.347 e. The lowest BCUT2D eigenvalue weighted by molar-refractivity contribution is 0.402. The molecule has 0 bridgehead atoms. The predicted molar refractivity (Wildman–Crippen MR) is 52.0 cm³/mol. The van der Waals surface area contributed by atoms with Gasteiger partial charge in [-0.1, -0.05) is 13.8 Å². The van der Waals surface area contributed by atoms with Crippen LogP contribution in [0, 0.1) is 0 Å². The van der Waals surface area contributed by atoms with Crippen LogP contribution < -0.4 is 0 Å². The minimum Gasteiger partial charge on any atom is -0.347 e. The molecule has 0 aromatic carbocycles. The van der Waals surface area contributed by atoms with Crippen LogP contribution in [0.2, 0.25) is 0 Å². The number of nitrogens with zero attached hydrogens (tertiary/aromatic N) is 1. The molecule has 1 unspecified atom stereocenters. The lowest BCUT2D eigenvalue weighted by atomic mass is 10.4. The van der Waals surface area contributed by atoms with Crippen LogP contribution in [0.4, 0.5) is 0 Å². The van der Waals surface area contributed by atoms with E-state index in [0.717, 1.165) is 0 Å². The molecule has 1 aliphatic rings. The zero-order valence-electron chi connectivity index (χ0n) is 8.13. The molecule has 1 saturated heterocycles. The van der Waals surface area contributed by atoms with Gasteiger partial charge in [0.2, 0.25) is 0 Å². The van der Waals surface area contributed by atoms with Crippen LogP contribution in [-0.4, -0.2) is 31.5 Å². The van der Waals surface area contributed by atoms with Gasteiger partial charge in [-0.05, 0) is 19.5 Å². The highest BCUT2D eigenvalue weighted by atomic mass is 31.2. The van der Waals surface area contributed by atoms with Gasteiger partial charge >= 0.3 is 0 Å². The maximum atomic E-state index is 5.22. The number of rotatable bonds is 2. The minimum absolute atomic E-state index is 0.246. The van der Waals surface area contributed by atoms with E-state index in [1.807, 2.05) is 13.8 Å². The summed E-state index contributed by atoms with van der Waals surface area (Å²) in [6, 6.07) is 0. The van der Waals surface area contributed by atoms with Crippen molar-refractivity contribution in [2.75, 3.05) is 26.9 Å². The summed E-state index contributed by atoms with van der Waals surface area (Å²) >= 11 is 0. The first-order valence-electron chi connectivity index (χ1n) is 4.37. The van der Waals surface area contributed by atoms with Crippen LogP contribution in [0.1, 0.15) is 26.7 Å². The summed E-state index contributed by atoms with van der Waals surface area (Å²) in [4.78, 5) is 0. The lowest BCUT2D eigenvalue weighted by Crippen LogP contribution is -2.12. The third-order valence-corrected chi connectivity index (χ3v) is 3.47. The van der Waals surface area contributed by atoms with Crippen molar-refractivity contribution >= 4 is 8.30 Å². The maximum absolute atomic E-state index is 5.22. The van der Waals surface area contributed by atoms with Crippen LogP contribution in [0.25, 0.3) is 0 Å². The molecule has 11 heavy (non-hydrogen) atoms. The fourth-order valence-corrected chi connectivity index (χ4v) is 2.17. The molecule has 0 saturated carbocycles. The van der Waals surface area contributed by atoms with Gasteiger partial charge in [0.1, 0.15) is 8.30 Å². The van der Waals surface area contributed by atoms with Gasteiger partial charge < -0.3 is 4.52 Å². The summed E-state index contributed by atoms with van der Waals surface area (Å²) in [6.45, 7) is 8.66. The molecule has 0 N–H and O–H groups in total. The van der Waals surface area contributed by atoms with Crippen molar-refractivity contribution in [2.24, 2.45) is 0 Å². The molecule has 0 amide bonds. The van der Waals surface area contributed by atoms with E-state index >= 15 is 0 Å². The van der Waals surface area contributed by atoms with Crippen LogP contribution >= 0.6 is 8.30 Å². The lowest BCUT2D eigenvalue weighted by Gasteiger charge is -2.20. The van der Waals surface area contributed by atoms with Gasteiger partial charge in [0.25, 0.3) is 0 Å². The Morgan fingerprint density at radius 3 is 2.00 bits per heavy atom. The SMILES string of the molecule is CC.COP(C)N1CCCC1. The molecule has 0 aromatic rings. The monoisotopic (exact) mass is 177 g/mol. The maximum Gasteiger partial charge on any atom is 0.100 e. The van der Waals surface area contributed by atoms with Crippen molar-refractivity contribution in [3.63, 3.8) is 0 Å². The molecule has 1 aliphatic heterocycles. The highest BCUT2D eigenvalue weighted by Crippen LogP contribution is 2.38. The molecule has 1 atom stereocenters. The van der Waals surface area contributed by atoms with Gasteiger partial charge in [0.15, 0.2) is 0 Å². The minimum atomic E-state index is -0.246. The predicted octanol–water partition coefficient (Wildman–Crippen LogP) is 2.70. The Balaban J connectivity index is 0.000000461. The van der Waals surface area contributed by atoms with E-state index in [4.69, 9.17) is 4.52 Å². The number of hydrogen-bond acceptors (Lipinski definition) is 2. The first kappa shape index (κ1) is 11.4. The van der Waals surface area contributed by atoms with Gasteiger partial charge in [-0.2, -0.15) is 0 Å². The molecule has 1 heterocycles. The normalized spacial score (nSPS) is 20.7. The standard InChI is InChI=1S/C6H14NOP.C2H6/c1-8-9(2)7-5-3-4-6-7;1-2/h3-6H2,1-2H3;1-2H3. The Labute approximate surface area is 71.8 Å². The highest BCUT2D eigenvalue weighted by Gasteiger charge is 2.16. The smallest absolute Gasteiger partial charge is 0.100 e. The molecule has 0 aromatic heterocycles. The highest BCUT2D eigenvalue weighted by molar-refractivity contribution is 7.49. The van der Waals surface area contributed by atoms with E-state index in [0.29, 0.717) is 0 Å². The first-order chi connectivity index (χ1) is 5.34. The number of hydrogen-bond donors (Lipinski definition) is 0. The van der Waals surface area contributed by atoms with E-state index in [2.05, 4.69) is 11.3 Å². The Kier molecular flexibility index (Phi) is 7.25. The fraction of sp³-hybridized carbons (Fsp3) is 1.00. The average molecular weight is 177 g/mol. The van der Waals surface area contributed by atoms with Crippen LogP contribution in [0.3, 0.4) is 0 Å². The second-order valence-corrected chi connectivity index (χ2v) is 4.17. The molecular formula is C8H20NOP. The summed E-state index contributed by atoms with van der Waals surface area (Å²) in [7, 11) is 1.55. The fourth-order valence-electron chi connectivity index (χ4n) is 1.10. The van der Waals surface area contributed by atoms with Gasteiger partial charge in [0, 0.05) is 20.2 Å². The summed E-state index contributed by atoms with van der Waals surface area (Å²) < 4.78 is 7.65. The van der Waals surface area contributed by atoms with Crippen LogP contribution in [0.15, 0.2) is 0 Å². The summed E-state index contributed by atoms with van der Waals surface area (Å²) in [6.07, 6.45) is 2.71. The molecule has 1 fully saturated rings. The second-order valence-electron chi connectivity index (χ2n) is 2.31. The average Bonchev–Trinajstić information content (AvgIpc) is 2.59. The van der Waals surface area contributed by atoms with Crippen molar-refractivity contribution in [3.05, 3.63) is 0 Å². The van der Waals surface area contributed by atoms with Gasteiger partial charge in [-0.3, -0.25) is 4.67 Å². The Hall–Kier alpha value is 0.350. The third-order valence-electron chi connectivity index (χ3n) is 1.74. The molecule has 0 spiro atoms. The van der Waals surface area contributed by atoms with E-state index in [1.165, 1.54) is 25.9 Å². The summed E-state index contributed by atoms with van der Waals surface area (Å²) in [5.74, 6) is 0. The van der Waals surface area contributed by atoms with E-state index in [9.17, 15) is 0 Å². The van der Waals surface area contributed by atoms with Crippen LogP contribution in [-0.2, 0) is 4.52 Å². The Morgan fingerprint density at radius 1 is 1.18 bits per heavy atom. The molecule has 0 radical (unpaired) electrons. The van der Waals surface area contributed by atoms with Gasteiger partial charge in [-0.15, -0.1) is 0 Å². The third kappa shape index (κ3) is 4.05. The zero-order chi connectivity index (χ0) is 8.69. The van der Waals surface area contributed by atoms with Crippen molar-refractivity contribution in [3.8, 4) is 0 Å². The van der Waals surface area contributed by atoms with Crippen molar-refractivity contribution in [1.29, 1.82) is 0 Å². The topological polar surface area (TPSA) is 12.5 Å². The first-order valence-corrected chi connectivity index (χ1v) is 6.03. The van der Waals surface area contributed by atoms with Gasteiger partial charge in [0.05, 0.1) is 0 Å². The molecule has 1 rings (SSSR count). The second kappa shape index (κ2) is 7.02. The molecular weight excluding hydrogens is 157 g/mol. The zero-order valence-corrected chi connectivity index (χ0v) is 9.03. The van der Waals surface area contributed by atoms with Crippen molar-refractivity contribution in [1.82, 2.24) is 4.67 Å².